The number of ketones is 3. The van der Waals surface area contributed by atoms with E-state index in [1.165, 1.54) is 6.08 Å². The molecule has 3 nitrogen and oxygen atoms in total. The largest absolute Gasteiger partial charge is 0.294 e. The average molecular weight is 314 g/mol. The van der Waals surface area contributed by atoms with Crippen LogP contribution < -0.4 is 0 Å². The zero-order chi connectivity index (χ0) is 17.2. The van der Waals surface area contributed by atoms with Crippen LogP contribution in [-0.2, 0) is 14.4 Å². The molecule has 23 heavy (non-hydrogen) atoms. The second-order valence-electron chi connectivity index (χ2n) is 8.64. The number of hydrogen-bond donors (Lipinski definition) is 0. The van der Waals surface area contributed by atoms with Gasteiger partial charge in [-0.05, 0) is 36.2 Å². The van der Waals surface area contributed by atoms with E-state index in [2.05, 4.69) is 20.8 Å². The molecule has 3 aliphatic rings. The molecule has 0 N–H and O–H groups in total. The Bertz CT molecular complexity index is 675. The van der Waals surface area contributed by atoms with Crippen molar-refractivity contribution in [2.24, 2.45) is 22.7 Å². The number of hydrogen-bond acceptors (Lipinski definition) is 3. The fraction of sp³-hybridized carbons (Fsp3) is 0.650. The minimum atomic E-state index is -0.350. The maximum Gasteiger partial charge on any atom is 0.193 e. The first-order chi connectivity index (χ1) is 10.6. The van der Waals surface area contributed by atoms with Crippen molar-refractivity contribution in [3.63, 3.8) is 0 Å². The van der Waals surface area contributed by atoms with Gasteiger partial charge >= 0.3 is 0 Å². The van der Waals surface area contributed by atoms with Crippen molar-refractivity contribution in [3.05, 3.63) is 22.8 Å². The highest BCUT2D eigenvalue weighted by molar-refractivity contribution is 6.35. The van der Waals surface area contributed by atoms with Gasteiger partial charge in [0.15, 0.2) is 17.3 Å². The summed E-state index contributed by atoms with van der Waals surface area (Å²) in [6, 6.07) is 0. The molecule has 1 fully saturated rings. The highest BCUT2D eigenvalue weighted by Crippen LogP contribution is 2.59. The maximum atomic E-state index is 12.9. The van der Waals surface area contributed by atoms with Crippen LogP contribution in [0.25, 0.3) is 0 Å². The third-order valence-corrected chi connectivity index (χ3v) is 6.36. The lowest BCUT2D eigenvalue weighted by Gasteiger charge is -2.54. The van der Waals surface area contributed by atoms with E-state index in [0.29, 0.717) is 17.6 Å². The average Bonchev–Trinajstić information content (AvgIpc) is 2.43. The van der Waals surface area contributed by atoms with Crippen molar-refractivity contribution < 1.29 is 14.4 Å². The summed E-state index contributed by atoms with van der Waals surface area (Å²) in [5, 5.41) is 0. The van der Waals surface area contributed by atoms with Gasteiger partial charge in [0.25, 0.3) is 0 Å². The third-order valence-electron chi connectivity index (χ3n) is 6.36. The second kappa shape index (κ2) is 4.99. The molecular formula is C20H26O3. The number of carbonyl (C=O) groups is 3. The second-order valence-corrected chi connectivity index (χ2v) is 8.64. The summed E-state index contributed by atoms with van der Waals surface area (Å²) in [7, 11) is 0. The van der Waals surface area contributed by atoms with E-state index in [1.807, 2.05) is 13.8 Å². The molecule has 0 heterocycles. The van der Waals surface area contributed by atoms with Gasteiger partial charge in [-0.2, -0.15) is 0 Å². The Hall–Kier alpha value is -1.51. The van der Waals surface area contributed by atoms with E-state index >= 15 is 0 Å². The first-order valence-corrected chi connectivity index (χ1v) is 8.68. The molecule has 0 bridgehead atoms. The zero-order valence-electron chi connectivity index (χ0n) is 14.8. The predicted molar refractivity (Wildman–Crippen MR) is 88.8 cm³/mol. The molecule has 1 saturated carbocycles. The first-order valence-electron chi connectivity index (χ1n) is 8.68. The quantitative estimate of drug-likeness (QED) is 0.546. The Labute approximate surface area is 138 Å². The molecule has 3 heteroatoms. The van der Waals surface area contributed by atoms with Crippen molar-refractivity contribution in [1.29, 1.82) is 0 Å². The van der Waals surface area contributed by atoms with Crippen LogP contribution in [-0.4, -0.2) is 17.3 Å². The molecule has 0 aliphatic heterocycles. The van der Waals surface area contributed by atoms with Gasteiger partial charge in [0.1, 0.15) is 0 Å². The van der Waals surface area contributed by atoms with Gasteiger partial charge in [-0.15, -0.1) is 0 Å². The Balaban J connectivity index is 2.19. The highest BCUT2D eigenvalue weighted by Gasteiger charge is 2.56. The lowest BCUT2D eigenvalue weighted by atomic mass is 9.48. The minimum Gasteiger partial charge on any atom is -0.294 e. The van der Waals surface area contributed by atoms with Crippen LogP contribution in [0.15, 0.2) is 22.8 Å². The van der Waals surface area contributed by atoms with Crippen LogP contribution in [0, 0.1) is 22.7 Å². The topological polar surface area (TPSA) is 51.2 Å². The zero-order valence-corrected chi connectivity index (χ0v) is 14.8. The fourth-order valence-electron chi connectivity index (χ4n) is 5.13. The molecule has 0 saturated heterocycles. The molecule has 0 aromatic carbocycles. The van der Waals surface area contributed by atoms with Crippen LogP contribution in [0.3, 0.4) is 0 Å². The van der Waals surface area contributed by atoms with Crippen LogP contribution in [0.4, 0.5) is 0 Å². The Morgan fingerprint density at radius 2 is 1.74 bits per heavy atom. The summed E-state index contributed by atoms with van der Waals surface area (Å²) >= 11 is 0. The summed E-state index contributed by atoms with van der Waals surface area (Å²) in [5.74, 6) is -0.339. The van der Waals surface area contributed by atoms with Gasteiger partial charge in [0, 0.05) is 23.0 Å². The number of allylic oxidation sites excluding steroid dienone is 4. The monoisotopic (exact) mass is 314 g/mol. The standard InChI is InChI=1S/C20H26O3/c1-11(2)12-9-14(22)17-16(18(12)23)13(21)10-15-19(3,4)7-6-8-20(15,17)5/h9,11,15H,6-8,10H2,1-5H3/t15-,20+/m1/s1. The molecule has 0 aromatic rings. The van der Waals surface area contributed by atoms with Crippen LogP contribution in [0.5, 0.6) is 0 Å². The highest BCUT2D eigenvalue weighted by atomic mass is 16.2. The molecule has 3 aliphatic carbocycles. The molecule has 3 rings (SSSR count). The maximum absolute atomic E-state index is 12.9. The summed E-state index contributed by atoms with van der Waals surface area (Å²) in [4.78, 5) is 38.5. The molecule has 124 valence electrons. The van der Waals surface area contributed by atoms with Crippen LogP contribution in [0.2, 0.25) is 0 Å². The number of Topliss-reactive ketones (excluding diaryl/α,β-unsaturated/α-hetero) is 2. The van der Waals surface area contributed by atoms with E-state index in [0.717, 1.165) is 19.3 Å². The van der Waals surface area contributed by atoms with E-state index < -0.39 is 0 Å². The normalized spacial score (nSPS) is 33.6. The van der Waals surface area contributed by atoms with Gasteiger partial charge in [-0.3, -0.25) is 14.4 Å². The van der Waals surface area contributed by atoms with Crippen molar-refractivity contribution >= 4 is 17.3 Å². The Morgan fingerprint density at radius 3 is 2.35 bits per heavy atom. The van der Waals surface area contributed by atoms with Crippen molar-refractivity contribution in [1.82, 2.24) is 0 Å². The molecule has 0 radical (unpaired) electrons. The van der Waals surface area contributed by atoms with Crippen molar-refractivity contribution in [3.8, 4) is 0 Å². The molecule has 0 unspecified atom stereocenters. The van der Waals surface area contributed by atoms with E-state index in [9.17, 15) is 14.4 Å². The number of carbonyl (C=O) groups excluding carboxylic acids is 3. The van der Waals surface area contributed by atoms with Gasteiger partial charge in [-0.1, -0.05) is 41.0 Å². The van der Waals surface area contributed by atoms with Crippen LogP contribution in [0.1, 0.15) is 60.3 Å². The first kappa shape index (κ1) is 16.4. The van der Waals surface area contributed by atoms with E-state index in [-0.39, 0.29) is 45.6 Å². The molecule has 0 amide bonds. The molecule has 0 aromatic heterocycles. The minimum absolute atomic E-state index is 0.0204. The summed E-state index contributed by atoms with van der Waals surface area (Å²) < 4.78 is 0. The molecule has 0 spiro atoms. The SMILES string of the molecule is CC(C)C1=CC(=O)C2=C(C(=O)C[C@@H]3C(C)(C)CCC[C@]23C)C1=O. The van der Waals surface area contributed by atoms with Gasteiger partial charge in [0.2, 0.25) is 0 Å². The number of fused-ring (bicyclic) bond motifs is 2. The smallest absolute Gasteiger partial charge is 0.193 e. The van der Waals surface area contributed by atoms with Gasteiger partial charge in [-0.25, -0.2) is 0 Å². The third kappa shape index (κ3) is 2.20. The van der Waals surface area contributed by atoms with E-state index in [1.54, 1.807) is 0 Å². The lowest BCUT2D eigenvalue weighted by molar-refractivity contribution is -0.129. The van der Waals surface area contributed by atoms with Gasteiger partial charge < -0.3 is 0 Å². The molecule has 2 atom stereocenters. The van der Waals surface area contributed by atoms with Gasteiger partial charge in [0.05, 0.1) is 5.57 Å². The van der Waals surface area contributed by atoms with E-state index in [4.69, 9.17) is 0 Å². The Morgan fingerprint density at radius 1 is 1.09 bits per heavy atom. The predicted octanol–water partition coefficient (Wildman–Crippen LogP) is 3.82. The molecular weight excluding hydrogens is 288 g/mol. The summed E-state index contributed by atoms with van der Waals surface area (Å²) in [5.41, 5.74) is 0.876. The van der Waals surface area contributed by atoms with Crippen molar-refractivity contribution in [2.75, 3.05) is 0 Å². The van der Waals surface area contributed by atoms with Crippen molar-refractivity contribution in [2.45, 2.75) is 60.3 Å². The lowest BCUT2D eigenvalue weighted by Crippen LogP contribution is -2.51. The van der Waals surface area contributed by atoms with Crippen LogP contribution >= 0.6 is 0 Å². The fourth-order valence-corrected chi connectivity index (χ4v) is 5.13. The summed E-state index contributed by atoms with van der Waals surface area (Å²) in [6.07, 6.45) is 4.88. The number of rotatable bonds is 1. The Kier molecular flexibility index (Phi) is 3.55. The summed E-state index contributed by atoms with van der Waals surface area (Å²) in [6.45, 7) is 10.3.